The van der Waals surface area contributed by atoms with Crippen LogP contribution in [0.4, 0.5) is 20.1 Å². The van der Waals surface area contributed by atoms with E-state index in [0.29, 0.717) is 42.1 Å². The summed E-state index contributed by atoms with van der Waals surface area (Å²) in [4.78, 5) is 85.9. The van der Waals surface area contributed by atoms with E-state index in [1.807, 2.05) is 6.07 Å². The molecule has 1 aromatic heterocycles. The summed E-state index contributed by atoms with van der Waals surface area (Å²) in [6, 6.07) is 13.7. The molecule has 1 aliphatic heterocycles. The van der Waals surface area contributed by atoms with E-state index in [-0.39, 0.29) is 48.3 Å². The van der Waals surface area contributed by atoms with Crippen LogP contribution in [-0.2, 0) is 60.9 Å². The monoisotopic (exact) mass is 849 g/mol. The normalized spacial score (nSPS) is 13.8. The molecule has 60 heavy (non-hydrogen) atoms. The first-order valence-corrected chi connectivity index (χ1v) is 20.4. The SMILES string of the molecule is CCOC(=O)Cc1cc2c(s1)CCN(C(=O)[C@H](Cc1ccc([N+](=O)[O-])cc1)NCc1ccc(C(=NC(=O)OC(C)(C)C)N(C(=O)OC(C)(C)C)C(=O)OC(C)(C)C)cc1)C2. The van der Waals surface area contributed by atoms with Crippen molar-refractivity contribution in [1.82, 2.24) is 15.1 Å². The molecule has 0 bridgehead atoms. The van der Waals surface area contributed by atoms with Crippen LogP contribution in [0, 0.1) is 10.1 Å². The minimum atomic E-state index is -1.13. The first-order chi connectivity index (χ1) is 27.9. The van der Waals surface area contributed by atoms with Gasteiger partial charge < -0.3 is 29.2 Å². The molecule has 0 radical (unpaired) electrons. The Labute approximate surface area is 354 Å². The summed E-state index contributed by atoms with van der Waals surface area (Å²) < 4.78 is 21.6. The van der Waals surface area contributed by atoms with Gasteiger partial charge >= 0.3 is 24.2 Å². The number of imide groups is 1. The fraction of sp³-hybridized carbons (Fsp3) is 0.488. The van der Waals surface area contributed by atoms with Crippen LogP contribution >= 0.6 is 11.3 Å². The highest BCUT2D eigenvalue weighted by Crippen LogP contribution is 2.30. The molecule has 16 nitrogen and oxygen atoms in total. The van der Waals surface area contributed by atoms with Gasteiger partial charge in [-0.3, -0.25) is 19.7 Å². The van der Waals surface area contributed by atoms with E-state index in [0.717, 1.165) is 15.3 Å². The lowest BCUT2D eigenvalue weighted by atomic mass is 10.0. The Morgan fingerprint density at radius 1 is 0.867 bits per heavy atom. The number of carbonyl (C=O) groups is 5. The van der Waals surface area contributed by atoms with Gasteiger partial charge in [-0.15, -0.1) is 11.3 Å². The molecule has 0 unspecified atom stereocenters. The third kappa shape index (κ3) is 14.3. The maximum atomic E-state index is 14.3. The molecule has 1 atom stereocenters. The number of amidine groups is 1. The quantitative estimate of drug-likeness (QED) is 0.0490. The number of thiophene rings is 1. The van der Waals surface area contributed by atoms with Gasteiger partial charge in [0, 0.05) is 47.1 Å². The van der Waals surface area contributed by atoms with Gasteiger partial charge in [0.05, 0.1) is 24.0 Å². The summed E-state index contributed by atoms with van der Waals surface area (Å²) in [7, 11) is 0. The molecule has 0 spiro atoms. The standard InChI is InChI=1S/C43H55N5O11S/c1-11-56-35(49)24-32-23-30-26-46(21-20-34(30)60-32)37(50)33(22-27-14-18-31(19-15-27)48(54)55)44-25-28-12-16-29(17-13-28)36(45-38(51)57-41(2,3)4)47(39(52)58-42(5,6)7)40(53)59-43(8,9)10/h12-19,23,33,44H,11,20-22,24-26H2,1-10H3/t33-/m0/s1. The van der Waals surface area contributed by atoms with E-state index in [2.05, 4.69) is 10.3 Å². The number of aliphatic imine (C=N–C) groups is 1. The van der Waals surface area contributed by atoms with Gasteiger partial charge in [-0.05, 0) is 105 Å². The van der Waals surface area contributed by atoms with Crippen LogP contribution in [0.5, 0.6) is 0 Å². The molecule has 0 fully saturated rings. The van der Waals surface area contributed by atoms with E-state index >= 15 is 0 Å². The highest BCUT2D eigenvalue weighted by Gasteiger charge is 2.37. The van der Waals surface area contributed by atoms with Gasteiger partial charge in [0.25, 0.3) is 5.69 Å². The highest BCUT2D eigenvalue weighted by molar-refractivity contribution is 7.12. The van der Waals surface area contributed by atoms with Crippen molar-refractivity contribution in [3.05, 3.63) is 96.7 Å². The Morgan fingerprint density at radius 3 is 1.97 bits per heavy atom. The Kier molecular flexibility index (Phi) is 15.3. The molecule has 2 aromatic carbocycles. The highest BCUT2D eigenvalue weighted by atomic mass is 32.1. The Bertz CT molecular complexity index is 2050. The van der Waals surface area contributed by atoms with Crippen LogP contribution in [0.25, 0.3) is 0 Å². The molecule has 3 aromatic rings. The molecular formula is C43H55N5O11S. The van der Waals surface area contributed by atoms with Gasteiger partial charge in [-0.1, -0.05) is 36.4 Å². The Balaban J connectivity index is 1.64. The van der Waals surface area contributed by atoms with E-state index in [4.69, 9.17) is 18.9 Å². The van der Waals surface area contributed by atoms with Crippen molar-refractivity contribution < 1.29 is 47.8 Å². The molecule has 1 N–H and O–H groups in total. The summed E-state index contributed by atoms with van der Waals surface area (Å²) in [5.41, 5.74) is -0.514. The number of nitro benzene ring substituents is 1. The van der Waals surface area contributed by atoms with Crippen molar-refractivity contribution in [1.29, 1.82) is 0 Å². The Hall–Kier alpha value is -5.68. The van der Waals surface area contributed by atoms with Crippen molar-refractivity contribution in [2.24, 2.45) is 4.99 Å². The molecule has 4 amide bonds. The number of nitro groups is 1. The number of rotatable bonds is 11. The number of esters is 1. The van der Waals surface area contributed by atoms with Crippen molar-refractivity contribution in [2.45, 2.75) is 124 Å². The molecule has 2 heterocycles. The minimum absolute atomic E-state index is 0.0687. The van der Waals surface area contributed by atoms with Crippen LogP contribution in [0.1, 0.15) is 101 Å². The molecular weight excluding hydrogens is 795 g/mol. The lowest BCUT2D eigenvalue weighted by Gasteiger charge is -2.31. The second-order valence-corrected chi connectivity index (χ2v) is 18.3. The van der Waals surface area contributed by atoms with Gasteiger partial charge in [0.1, 0.15) is 16.8 Å². The third-order valence-corrected chi connectivity index (χ3v) is 9.69. The number of nitrogens with one attached hydrogen (secondary N) is 1. The van der Waals surface area contributed by atoms with E-state index in [9.17, 15) is 34.1 Å². The second-order valence-electron chi connectivity index (χ2n) is 17.1. The summed E-state index contributed by atoms with van der Waals surface area (Å²) in [6.45, 7) is 17.7. The Morgan fingerprint density at radius 2 is 1.43 bits per heavy atom. The van der Waals surface area contributed by atoms with Gasteiger partial charge in [0.2, 0.25) is 5.91 Å². The van der Waals surface area contributed by atoms with Crippen LogP contribution in [0.2, 0.25) is 0 Å². The average Bonchev–Trinajstić information content (AvgIpc) is 3.52. The van der Waals surface area contributed by atoms with Gasteiger partial charge in [-0.2, -0.15) is 9.89 Å². The van der Waals surface area contributed by atoms with E-state index in [1.165, 1.54) is 12.1 Å². The fourth-order valence-electron chi connectivity index (χ4n) is 5.97. The van der Waals surface area contributed by atoms with Crippen LogP contribution in [0.3, 0.4) is 0 Å². The molecule has 1 aliphatic rings. The average molecular weight is 850 g/mol. The smallest absolute Gasteiger partial charge is 0.436 e. The molecule has 0 saturated heterocycles. The molecule has 0 aliphatic carbocycles. The summed E-state index contributed by atoms with van der Waals surface area (Å²) in [5, 5.41) is 14.7. The fourth-order valence-corrected chi connectivity index (χ4v) is 7.13. The number of carbonyl (C=O) groups excluding carboxylic acids is 5. The predicted octanol–water partition coefficient (Wildman–Crippen LogP) is 7.90. The molecule has 324 valence electrons. The molecule has 17 heteroatoms. The number of amides is 4. The van der Waals surface area contributed by atoms with Gasteiger partial charge in [-0.25, -0.2) is 14.4 Å². The maximum Gasteiger partial charge on any atom is 0.436 e. The zero-order valence-corrected chi connectivity index (χ0v) is 36.7. The summed E-state index contributed by atoms with van der Waals surface area (Å²) >= 11 is 1.55. The van der Waals surface area contributed by atoms with Gasteiger partial charge in [0.15, 0.2) is 5.84 Å². The summed E-state index contributed by atoms with van der Waals surface area (Å²) in [6.07, 6.45) is -2.30. The lowest BCUT2D eigenvalue weighted by molar-refractivity contribution is -0.384. The maximum absolute atomic E-state index is 14.3. The van der Waals surface area contributed by atoms with Crippen molar-refractivity contribution >= 4 is 53.0 Å². The molecule has 4 rings (SSSR count). The minimum Gasteiger partial charge on any atom is -0.466 e. The largest absolute Gasteiger partial charge is 0.466 e. The number of benzene rings is 2. The van der Waals surface area contributed by atoms with Crippen LogP contribution in [-0.4, -0.2) is 86.7 Å². The zero-order valence-electron chi connectivity index (χ0n) is 35.9. The first kappa shape index (κ1) is 47.0. The predicted molar refractivity (Wildman–Crippen MR) is 225 cm³/mol. The molecule has 0 saturated carbocycles. The lowest BCUT2D eigenvalue weighted by Crippen LogP contribution is -2.48. The van der Waals surface area contributed by atoms with E-state index in [1.54, 1.807) is 122 Å². The van der Waals surface area contributed by atoms with Crippen molar-refractivity contribution in [3.8, 4) is 0 Å². The van der Waals surface area contributed by atoms with Crippen molar-refractivity contribution in [2.75, 3.05) is 13.2 Å². The van der Waals surface area contributed by atoms with Crippen LogP contribution in [0.15, 0.2) is 59.6 Å². The zero-order chi connectivity index (χ0) is 44.6. The van der Waals surface area contributed by atoms with Crippen LogP contribution < -0.4 is 5.32 Å². The number of ether oxygens (including phenoxy) is 4. The number of hydrogen-bond donors (Lipinski definition) is 1. The summed E-state index contributed by atoms with van der Waals surface area (Å²) in [5.74, 6) is -0.868. The second kappa shape index (κ2) is 19.6. The van der Waals surface area contributed by atoms with E-state index < -0.39 is 46.0 Å². The van der Waals surface area contributed by atoms with Crippen molar-refractivity contribution in [3.63, 3.8) is 0 Å². The number of hydrogen-bond acceptors (Lipinski definition) is 13. The number of fused-ring (bicyclic) bond motifs is 1. The number of non-ortho nitro benzene ring substituents is 1. The topological polar surface area (TPSA) is 196 Å². The third-order valence-electron chi connectivity index (χ3n) is 8.46. The number of nitrogens with zero attached hydrogens (tertiary/aromatic N) is 4. The first-order valence-electron chi connectivity index (χ1n) is 19.6.